The zero-order chi connectivity index (χ0) is 17.3. The monoisotopic (exact) mass is 343 g/mol. The molecule has 0 aliphatic heterocycles. The normalized spacial score (nSPS) is 11.5. The van der Waals surface area contributed by atoms with Gasteiger partial charge in [0.15, 0.2) is 0 Å². The predicted molar refractivity (Wildman–Crippen MR) is 90.6 cm³/mol. The lowest BCUT2D eigenvalue weighted by molar-refractivity contribution is 0.600. The van der Waals surface area contributed by atoms with E-state index in [2.05, 4.69) is 19.7 Å². The van der Waals surface area contributed by atoms with Crippen LogP contribution in [0.3, 0.4) is 0 Å². The van der Waals surface area contributed by atoms with Gasteiger partial charge in [-0.15, -0.1) is 0 Å². The van der Waals surface area contributed by atoms with E-state index < -0.39 is 10.0 Å². The van der Waals surface area contributed by atoms with Crippen LogP contribution in [-0.2, 0) is 10.0 Å². The van der Waals surface area contributed by atoms with Crippen LogP contribution in [0.5, 0.6) is 0 Å². The fourth-order valence-corrected chi connectivity index (χ4v) is 3.68. The van der Waals surface area contributed by atoms with Gasteiger partial charge in [0.05, 0.1) is 4.90 Å². The van der Waals surface area contributed by atoms with Gasteiger partial charge in [-0.3, -0.25) is 9.29 Å². The van der Waals surface area contributed by atoms with E-state index >= 15 is 0 Å². The lowest BCUT2D eigenvalue weighted by Crippen LogP contribution is -2.15. The lowest BCUT2D eigenvalue weighted by atomic mass is 10.2. The number of aromatic nitrogens is 4. The molecule has 0 bridgehead atoms. The molecule has 0 aliphatic rings. The Morgan fingerprint density at radius 2 is 1.83 bits per heavy atom. The summed E-state index contributed by atoms with van der Waals surface area (Å²) in [5.74, 6) is 1.49. The van der Waals surface area contributed by atoms with Crippen molar-refractivity contribution in [1.82, 2.24) is 19.5 Å². The third kappa shape index (κ3) is 3.13. The molecule has 0 aliphatic carbocycles. The van der Waals surface area contributed by atoms with Crippen LogP contribution in [-0.4, -0.2) is 27.9 Å². The third-order valence-electron chi connectivity index (χ3n) is 3.58. The van der Waals surface area contributed by atoms with Gasteiger partial charge in [0.25, 0.3) is 10.0 Å². The van der Waals surface area contributed by atoms with Crippen molar-refractivity contribution in [3.05, 3.63) is 59.9 Å². The Morgan fingerprint density at radius 1 is 1.04 bits per heavy atom. The second kappa shape index (κ2) is 6.04. The number of rotatable bonds is 4. The Labute approximate surface area is 140 Å². The topological polar surface area (TPSA) is 89.8 Å². The quantitative estimate of drug-likeness (QED) is 0.785. The van der Waals surface area contributed by atoms with E-state index in [1.807, 2.05) is 19.9 Å². The van der Waals surface area contributed by atoms with Crippen molar-refractivity contribution in [3.8, 4) is 5.82 Å². The third-order valence-corrected chi connectivity index (χ3v) is 5.10. The summed E-state index contributed by atoms with van der Waals surface area (Å²) in [6, 6.07) is 6.75. The Morgan fingerprint density at radius 3 is 2.50 bits per heavy atom. The molecule has 7 nitrogen and oxygen atoms in total. The molecule has 0 spiro atoms. The first-order chi connectivity index (χ1) is 11.4. The van der Waals surface area contributed by atoms with Crippen LogP contribution in [0.1, 0.15) is 17.0 Å². The summed E-state index contributed by atoms with van der Waals surface area (Å²) in [4.78, 5) is 12.5. The number of benzene rings is 1. The van der Waals surface area contributed by atoms with Crippen LogP contribution in [0.2, 0.25) is 0 Å². The molecule has 0 fully saturated rings. The van der Waals surface area contributed by atoms with E-state index in [9.17, 15) is 8.42 Å². The van der Waals surface area contributed by atoms with E-state index in [0.29, 0.717) is 11.4 Å². The van der Waals surface area contributed by atoms with Gasteiger partial charge in [-0.1, -0.05) is 17.7 Å². The highest BCUT2D eigenvalue weighted by Gasteiger charge is 2.18. The summed E-state index contributed by atoms with van der Waals surface area (Å²) in [5, 5.41) is 0. The van der Waals surface area contributed by atoms with Crippen LogP contribution >= 0.6 is 0 Å². The van der Waals surface area contributed by atoms with Crippen molar-refractivity contribution in [2.24, 2.45) is 0 Å². The number of imidazole rings is 1. The van der Waals surface area contributed by atoms with Gasteiger partial charge in [0.2, 0.25) is 0 Å². The van der Waals surface area contributed by atoms with Crippen molar-refractivity contribution in [2.45, 2.75) is 25.7 Å². The standard InChI is InChI=1S/C16H17N5O2S/c1-11-4-5-14(12(2)8-11)24(22,23)20-15-9-16(19-10-18-15)21-7-6-17-13(21)3/h4-10H,1-3H3,(H,18,19,20). The predicted octanol–water partition coefficient (Wildman–Crippen LogP) is 2.39. The Hall–Kier alpha value is -2.74. The first kappa shape index (κ1) is 16.1. The van der Waals surface area contributed by atoms with E-state index in [4.69, 9.17) is 0 Å². The first-order valence-corrected chi connectivity index (χ1v) is 8.77. The molecule has 2 aromatic heterocycles. The molecule has 0 radical (unpaired) electrons. The summed E-state index contributed by atoms with van der Waals surface area (Å²) >= 11 is 0. The average molecular weight is 343 g/mol. The molecule has 3 aromatic rings. The molecule has 124 valence electrons. The number of sulfonamides is 1. The summed E-state index contributed by atoms with van der Waals surface area (Å²) in [6.45, 7) is 5.52. The summed E-state index contributed by atoms with van der Waals surface area (Å²) in [5.41, 5.74) is 1.69. The van der Waals surface area contributed by atoms with Crippen LogP contribution < -0.4 is 4.72 Å². The minimum atomic E-state index is -3.72. The van der Waals surface area contributed by atoms with E-state index in [0.717, 1.165) is 11.4 Å². The summed E-state index contributed by atoms with van der Waals surface area (Å²) < 4.78 is 29.5. The van der Waals surface area contributed by atoms with Crippen LogP contribution in [0.4, 0.5) is 5.82 Å². The summed E-state index contributed by atoms with van der Waals surface area (Å²) in [6.07, 6.45) is 4.71. The van der Waals surface area contributed by atoms with Crippen LogP contribution in [0.15, 0.2) is 47.9 Å². The number of hydrogen-bond donors (Lipinski definition) is 1. The molecule has 1 N–H and O–H groups in total. The Balaban J connectivity index is 1.95. The smallest absolute Gasteiger partial charge is 0.263 e. The van der Waals surface area contributed by atoms with E-state index in [-0.39, 0.29) is 10.7 Å². The van der Waals surface area contributed by atoms with Gasteiger partial charge < -0.3 is 0 Å². The van der Waals surface area contributed by atoms with Crippen LogP contribution in [0.25, 0.3) is 5.82 Å². The largest absolute Gasteiger partial charge is 0.288 e. The van der Waals surface area contributed by atoms with Gasteiger partial charge in [-0.25, -0.2) is 23.4 Å². The molecule has 0 amide bonds. The zero-order valence-corrected chi connectivity index (χ0v) is 14.4. The molecular weight excluding hydrogens is 326 g/mol. The molecule has 0 unspecified atom stereocenters. The summed E-state index contributed by atoms with van der Waals surface area (Å²) in [7, 11) is -3.72. The minimum absolute atomic E-state index is 0.202. The van der Waals surface area contributed by atoms with Gasteiger partial charge in [-0.2, -0.15) is 0 Å². The number of nitrogens with one attached hydrogen (secondary N) is 1. The molecule has 8 heteroatoms. The fraction of sp³-hybridized carbons (Fsp3) is 0.188. The maximum Gasteiger partial charge on any atom is 0.263 e. The van der Waals surface area contributed by atoms with E-state index in [1.54, 1.807) is 42.1 Å². The highest BCUT2D eigenvalue weighted by atomic mass is 32.2. The Kier molecular flexibility index (Phi) is 4.06. The second-order valence-corrected chi connectivity index (χ2v) is 7.13. The van der Waals surface area contributed by atoms with Gasteiger partial charge in [0.1, 0.15) is 23.8 Å². The van der Waals surface area contributed by atoms with Gasteiger partial charge in [-0.05, 0) is 32.4 Å². The first-order valence-electron chi connectivity index (χ1n) is 7.29. The molecule has 0 atom stereocenters. The van der Waals surface area contributed by atoms with Crippen molar-refractivity contribution in [2.75, 3.05) is 4.72 Å². The molecule has 0 saturated carbocycles. The molecule has 3 rings (SSSR count). The van der Waals surface area contributed by atoms with Crippen molar-refractivity contribution in [1.29, 1.82) is 0 Å². The van der Waals surface area contributed by atoms with Gasteiger partial charge in [0, 0.05) is 18.5 Å². The van der Waals surface area contributed by atoms with Crippen molar-refractivity contribution < 1.29 is 8.42 Å². The van der Waals surface area contributed by atoms with Crippen molar-refractivity contribution in [3.63, 3.8) is 0 Å². The molecule has 1 aromatic carbocycles. The molecule has 24 heavy (non-hydrogen) atoms. The minimum Gasteiger partial charge on any atom is -0.288 e. The zero-order valence-electron chi connectivity index (χ0n) is 13.6. The highest BCUT2D eigenvalue weighted by Crippen LogP contribution is 2.20. The molecular formula is C16H17N5O2S. The highest BCUT2D eigenvalue weighted by molar-refractivity contribution is 7.92. The van der Waals surface area contributed by atoms with Crippen LogP contribution in [0, 0.1) is 20.8 Å². The van der Waals surface area contributed by atoms with E-state index in [1.165, 1.54) is 6.33 Å². The maximum absolute atomic E-state index is 12.6. The fourth-order valence-electron chi connectivity index (χ4n) is 2.45. The Bertz CT molecular complexity index is 995. The lowest BCUT2D eigenvalue weighted by Gasteiger charge is -2.11. The second-order valence-electron chi connectivity index (χ2n) is 5.48. The SMILES string of the molecule is Cc1ccc(S(=O)(=O)Nc2cc(-n3ccnc3C)ncn2)c(C)c1. The molecule has 0 saturated heterocycles. The van der Waals surface area contributed by atoms with Crippen molar-refractivity contribution >= 4 is 15.8 Å². The average Bonchev–Trinajstić information content (AvgIpc) is 2.92. The number of anilines is 1. The number of aryl methyl sites for hydroxylation is 3. The maximum atomic E-state index is 12.6. The number of hydrogen-bond acceptors (Lipinski definition) is 5. The number of nitrogens with zero attached hydrogens (tertiary/aromatic N) is 4. The molecule has 2 heterocycles. The van der Waals surface area contributed by atoms with Gasteiger partial charge >= 0.3 is 0 Å².